The molecule has 0 spiro atoms. The summed E-state index contributed by atoms with van der Waals surface area (Å²) < 4.78 is 0. The first kappa shape index (κ1) is 15.3. The lowest BCUT2D eigenvalue weighted by Gasteiger charge is -2.43. The topological polar surface area (TPSA) is 32.3 Å². The molecular weight excluding hydrogens is 272 g/mol. The number of carbonyl (C=O) groups excluding carboxylic acids is 1. The van der Waals surface area contributed by atoms with E-state index < -0.39 is 0 Å². The van der Waals surface area contributed by atoms with Gasteiger partial charge in [-0.15, -0.1) is 12.4 Å². The third kappa shape index (κ3) is 2.84. The Morgan fingerprint density at radius 3 is 2.60 bits per heavy atom. The van der Waals surface area contributed by atoms with Crippen molar-refractivity contribution in [2.75, 3.05) is 26.2 Å². The third-order valence-corrected chi connectivity index (χ3v) is 4.61. The second-order valence-electron chi connectivity index (χ2n) is 6.15. The van der Waals surface area contributed by atoms with Crippen LogP contribution in [0.3, 0.4) is 0 Å². The highest BCUT2D eigenvalue weighted by Gasteiger charge is 2.37. The van der Waals surface area contributed by atoms with Crippen LogP contribution in [0.2, 0.25) is 0 Å². The van der Waals surface area contributed by atoms with Crippen LogP contribution in [0.5, 0.6) is 0 Å². The predicted octanol–water partition coefficient (Wildman–Crippen LogP) is 2.21. The Balaban J connectivity index is 0.00000147. The number of carbonyl (C=O) groups is 1. The Bertz CT molecular complexity index is 461. The van der Waals surface area contributed by atoms with Gasteiger partial charge in [0.2, 0.25) is 5.91 Å². The van der Waals surface area contributed by atoms with Gasteiger partial charge in [0.05, 0.1) is 5.92 Å². The molecule has 2 heterocycles. The summed E-state index contributed by atoms with van der Waals surface area (Å²) in [6.07, 6.45) is 2.28. The molecule has 2 saturated heterocycles. The number of hydrogen-bond acceptors (Lipinski definition) is 2. The highest BCUT2D eigenvalue weighted by molar-refractivity contribution is 5.85. The van der Waals surface area contributed by atoms with Gasteiger partial charge in [-0.3, -0.25) is 4.79 Å². The number of nitrogens with one attached hydrogen (secondary N) is 1. The molecule has 1 amide bonds. The van der Waals surface area contributed by atoms with Gasteiger partial charge in [0, 0.05) is 31.6 Å². The minimum atomic E-state index is 0. The van der Waals surface area contributed by atoms with E-state index in [2.05, 4.69) is 47.5 Å². The van der Waals surface area contributed by atoms with Crippen LogP contribution in [0.1, 0.15) is 25.3 Å². The van der Waals surface area contributed by atoms with Gasteiger partial charge in [0.15, 0.2) is 0 Å². The van der Waals surface area contributed by atoms with E-state index in [1.54, 1.807) is 0 Å². The number of benzene rings is 1. The number of nitrogens with zero attached hydrogens (tertiary/aromatic N) is 1. The molecule has 1 aromatic carbocycles. The second kappa shape index (κ2) is 6.15. The molecule has 3 rings (SSSR count). The number of piperidine rings is 1. The van der Waals surface area contributed by atoms with Crippen molar-refractivity contribution in [2.45, 2.75) is 25.2 Å². The Hall–Kier alpha value is -1.06. The maximum atomic E-state index is 12.4. The van der Waals surface area contributed by atoms with E-state index in [4.69, 9.17) is 0 Å². The highest BCUT2D eigenvalue weighted by atomic mass is 35.5. The summed E-state index contributed by atoms with van der Waals surface area (Å²) in [6.45, 7) is 5.81. The van der Waals surface area contributed by atoms with E-state index in [9.17, 15) is 4.79 Å². The lowest BCUT2D eigenvalue weighted by atomic mass is 9.75. The van der Waals surface area contributed by atoms with Crippen molar-refractivity contribution in [3.63, 3.8) is 0 Å². The summed E-state index contributed by atoms with van der Waals surface area (Å²) in [5, 5.41) is 3.19. The fraction of sp³-hybridized carbons (Fsp3) is 0.562. The summed E-state index contributed by atoms with van der Waals surface area (Å²) in [5.74, 6) is 0.568. The fourth-order valence-corrected chi connectivity index (χ4v) is 3.23. The summed E-state index contributed by atoms with van der Waals surface area (Å²) >= 11 is 0. The minimum absolute atomic E-state index is 0. The van der Waals surface area contributed by atoms with Crippen molar-refractivity contribution in [2.24, 2.45) is 5.92 Å². The lowest BCUT2D eigenvalue weighted by Crippen LogP contribution is -2.55. The first-order chi connectivity index (χ1) is 9.19. The number of likely N-dealkylation sites (tertiary alicyclic amines) is 1. The van der Waals surface area contributed by atoms with E-state index in [1.807, 2.05) is 0 Å². The van der Waals surface area contributed by atoms with E-state index in [0.717, 1.165) is 32.6 Å². The normalized spacial score (nSPS) is 26.6. The van der Waals surface area contributed by atoms with E-state index >= 15 is 0 Å². The van der Waals surface area contributed by atoms with Crippen LogP contribution < -0.4 is 5.32 Å². The largest absolute Gasteiger partial charge is 0.341 e. The van der Waals surface area contributed by atoms with Gasteiger partial charge in [0.1, 0.15) is 0 Å². The van der Waals surface area contributed by atoms with Crippen molar-refractivity contribution >= 4 is 18.3 Å². The van der Waals surface area contributed by atoms with Crippen molar-refractivity contribution in [3.05, 3.63) is 35.9 Å². The van der Waals surface area contributed by atoms with Crippen molar-refractivity contribution < 1.29 is 4.79 Å². The van der Waals surface area contributed by atoms with Crippen LogP contribution >= 0.6 is 12.4 Å². The summed E-state index contributed by atoms with van der Waals surface area (Å²) in [5.41, 5.74) is 1.48. The Kier molecular flexibility index (Phi) is 4.71. The first-order valence-corrected chi connectivity index (χ1v) is 7.24. The van der Waals surface area contributed by atoms with Gasteiger partial charge in [-0.2, -0.15) is 0 Å². The maximum absolute atomic E-state index is 12.4. The molecule has 110 valence electrons. The van der Waals surface area contributed by atoms with Crippen LogP contribution in [0.4, 0.5) is 0 Å². The lowest BCUT2D eigenvalue weighted by molar-refractivity contribution is -0.139. The highest BCUT2D eigenvalue weighted by Crippen LogP contribution is 2.34. The van der Waals surface area contributed by atoms with Crippen molar-refractivity contribution in [3.8, 4) is 0 Å². The van der Waals surface area contributed by atoms with Gasteiger partial charge in [-0.05, 0) is 18.4 Å². The van der Waals surface area contributed by atoms with Crippen LogP contribution in [0.25, 0.3) is 0 Å². The molecular formula is C16H23ClN2O. The third-order valence-electron chi connectivity index (χ3n) is 4.61. The van der Waals surface area contributed by atoms with Gasteiger partial charge >= 0.3 is 0 Å². The SMILES string of the molecule is CC1(c2ccccc2)CCCN(C(=O)C2CNC2)C1.Cl. The number of hydrogen-bond donors (Lipinski definition) is 1. The molecule has 3 nitrogen and oxygen atoms in total. The minimum Gasteiger partial charge on any atom is -0.341 e. The first-order valence-electron chi connectivity index (χ1n) is 7.24. The van der Waals surface area contributed by atoms with Crippen LogP contribution in [-0.4, -0.2) is 37.0 Å². The van der Waals surface area contributed by atoms with E-state index in [0.29, 0.717) is 5.91 Å². The smallest absolute Gasteiger partial charge is 0.228 e. The zero-order valence-electron chi connectivity index (χ0n) is 12.0. The summed E-state index contributed by atoms with van der Waals surface area (Å²) in [4.78, 5) is 14.5. The molecule has 2 fully saturated rings. The Morgan fingerprint density at radius 1 is 1.30 bits per heavy atom. The molecule has 2 aliphatic heterocycles. The van der Waals surface area contributed by atoms with Gasteiger partial charge < -0.3 is 10.2 Å². The average molecular weight is 295 g/mol. The quantitative estimate of drug-likeness (QED) is 0.907. The molecule has 1 atom stereocenters. The van der Waals surface area contributed by atoms with E-state index in [-0.39, 0.29) is 23.7 Å². The average Bonchev–Trinajstić information content (AvgIpc) is 2.38. The molecule has 1 unspecified atom stereocenters. The molecule has 2 aliphatic rings. The molecule has 0 bridgehead atoms. The monoisotopic (exact) mass is 294 g/mol. The van der Waals surface area contributed by atoms with E-state index in [1.165, 1.54) is 12.0 Å². The zero-order chi connectivity index (χ0) is 13.3. The van der Waals surface area contributed by atoms with Gasteiger partial charge in [-0.25, -0.2) is 0 Å². The summed E-state index contributed by atoms with van der Waals surface area (Å²) in [7, 11) is 0. The molecule has 0 aliphatic carbocycles. The molecule has 0 radical (unpaired) electrons. The molecule has 0 aromatic heterocycles. The van der Waals surface area contributed by atoms with Crippen LogP contribution in [-0.2, 0) is 10.2 Å². The fourth-order valence-electron chi connectivity index (χ4n) is 3.23. The van der Waals surface area contributed by atoms with Crippen molar-refractivity contribution in [1.82, 2.24) is 10.2 Å². The Labute approximate surface area is 127 Å². The Morgan fingerprint density at radius 2 is 2.00 bits per heavy atom. The second-order valence-corrected chi connectivity index (χ2v) is 6.15. The maximum Gasteiger partial charge on any atom is 0.228 e. The molecule has 20 heavy (non-hydrogen) atoms. The molecule has 0 saturated carbocycles. The predicted molar refractivity (Wildman–Crippen MR) is 83.2 cm³/mol. The summed E-state index contributed by atoms with van der Waals surface area (Å²) in [6, 6.07) is 10.6. The zero-order valence-corrected chi connectivity index (χ0v) is 12.8. The standard InChI is InChI=1S/C16H22N2O.ClH/c1-16(14-6-3-2-4-7-14)8-5-9-18(12-16)15(19)13-10-17-11-13;/h2-4,6-7,13,17H,5,8-12H2,1H3;1H. The number of halogens is 1. The number of rotatable bonds is 2. The molecule has 1 aromatic rings. The molecule has 4 heteroatoms. The van der Waals surface area contributed by atoms with Crippen LogP contribution in [0.15, 0.2) is 30.3 Å². The van der Waals surface area contributed by atoms with Gasteiger partial charge in [0.25, 0.3) is 0 Å². The van der Waals surface area contributed by atoms with Crippen LogP contribution in [0, 0.1) is 5.92 Å². The number of amides is 1. The van der Waals surface area contributed by atoms with Gasteiger partial charge in [-0.1, -0.05) is 37.3 Å². The molecule has 1 N–H and O–H groups in total. The van der Waals surface area contributed by atoms with Crippen molar-refractivity contribution in [1.29, 1.82) is 0 Å².